The number of ether oxygens (including phenoxy) is 2. The molecule has 5 nitrogen and oxygen atoms in total. The molecule has 1 amide bonds. The highest BCUT2D eigenvalue weighted by Crippen LogP contribution is 2.32. The molecule has 0 saturated carbocycles. The van der Waals surface area contributed by atoms with E-state index in [4.69, 9.17) is 9.47 Å². The number of amides is 1. The first-order valence-corrected chi connectivity index (χ1v) is 8.73. The number of rotatable bonds is 5. The van der Waals surface area contributed by atoms with E-state index in [0.717, 1.165) is 29.2 Å². The molecule has 130 valence electrons. The molecule has 2 aromatic carbocycles. The lowest BCUT2D eigenvalue weighted by molar-refractivity contribution is -0.121. The summed E-state index contributed by atoms with van der Waals surface area (Å²) >= 11 is 0. The van der Waals surface area contributed by atoms with Crippen LogP contribution < -0.4 is 20.1 Å². The second-order valence-corrected chi connectivity index (χ2v) is 6.61. The Hall–Kier alpha value is -2.69. The second kappa shape index (κ2) is 6.67. The van der Waals surface area contributed by atoms with Gasteiger partial charge in [0.25, 0.3) is 0 Å². The minimum atomic E-state index is -0.298. The standard InChI is InChI=1S/C20H22N2O3/c1-13(22-17-7-6-15-3-2-4-16(15)10-17)20(23)21-11-14-5-8-18-19(9-14)25-12-24-18/h5-10,13,22H,2-4,11-12H2,1H3,(H,21,23)/t13-/m1/s1. The summed E-state index contributed by atoms with van der Waals surface area (Å²) in [4.78, 5) is 12.4. The SMILES string of the molecule is C[C@@H](Nc1ccc2c(c1)CCC2)C(=O)NCc1ccc2c(c1)OCO2. The third-order valence-electron chi connectivity index (χ3n) is 4.78. The van der Waals surface area contributed by atoms with Crippen molar-refractivity contribution in [2.75, 3.05) is 12.1 Å². The molecule has 4 rings (SSSR count). The van der Waals surface area contributed by atoms with Crippen LogP contribution in [0.1, 0.15) is 30.0 Å². The number of anilines is 1. The Morgan fingerprint density at radius 2 is 1.92 bits per heavy atom. The van der Waals surface area contributed by atoms with Crippen LogP contribution in [0, 0.1) is 0 Å². The fourth-order valence-electron chi connectivity index (χ4n) is 3.37. The Bertz CT molecular complexity index is 804. The molecule has 1 aliphatic carbocycles. The summed E-state index contributed by atoms with van der Waals surface area (Å²) < 4.78 is 10.7. The Morgan fingerprint density at radius 3 is 2.84 bits per heavy atom. The molecule has 2 aromatic rings. The smallest absolute Gasteiger partial charge is 0.242 e. The van der Waals surface area contributed by atoms with E-state index in [2.05, 4.69) is 28.8 Å². The highest BCUT2D eigenvalue weighted by atomic mass is 16.7. The number of hydrogen-bond donors (Lipinski definition) is 2. The number of fused-ring (bicyclic) bond motifs is 2. The van der Waals surface area contributed by atoms with Gasteiger partial charge < -0.3 is 20.1 Å². The summed E-state index contributed by atoms with van der Waals surface area (Å²) in [5.41, 5.74) is 4.83. The quantitative estimate of drug-likeness (QED) is 0.880. The monoisotopic (exact) mass is 338 g/mol. The molecule has 1 atom stereocenters. The first-order valence-electron chi connectivity index (χ1n) is 8.73. The average molecular weight is 338 g/mol. The number of aryl methyl sites for hydroxylation is 2. The van der Waals surface area contributed by atoms with E-state index in [0.29, 0.717) is 6.54 Å². The Kier molecular flexibility index (Phi) is 4.22. The highest BCUT2D eigenvalue weighted by molar-refractivity contribution is 5.84. The van der Waals surface area contributed by atoms with E-state index < -0.39 is 0 Å². The third-order valence-corrected chi connectivity index (χ3v) is 4.78. The topological polar surface area (TPSA) is 59.6 Å². The predicted molar refractivity (Wildman–Crippen MR) is 96.0 cm³/mol. The molecule has 0 bridgehead atoms. The van der Waals surface area contributed by atoms with Crippen LogP contribution in [-0.2, 0) is 24.2 Å². The van der Waals surface area contributed by atoms with Crippen molar-refractivity contribution in [2.45, 2.75) is 38.8 Å². The lowest BCUT2D eigenvalue weighted by Crippen LogP contribution is -2.37. The van der Waals surface area contributed by atoms with Gasteiger partial charge in [-0.2, -0.15) is 0 Å². The van der Waals surface area contributed by atoms with Crippen LogP contribution in [0.15, 0.2) is 36.4 Å². The Labute approximate surface area is 147 Å². The van der Waals surface area contributed by atoms with Crippen LogP contribution in [0.4, 0.5) is 5.69 Å². The fourth-order valence-corrected chi connectivity index (χ4v) is 3.37. The first kappa shape index (κ1) is 15.8. The molecule has 2 aliphatic rings. The summed E-state index contributed by atoms with van der Waals surface area (Å²) in [6, 6.07) is 11.8. The maximum absolute atomic E-state index is 12.4. The van der Waals surface area contributed by atoms with Gasteiger partial charge in [-0.05, 0) is 67.1 Å². The number of hydrogen-bond acceptors (Lipinski definition) is 4. The zero-order chi connectivity index (χ0) is 17.2. The second-order valence-electron chi connectivity index (χ2n) is 6.61. The van der Waals surface area contributed by atoms with Crippen molar-refractivity contribution in [1.29, 1.82) is 0 Å². The number of nitrogens with one attached hydrogen (secondary N) is 2. The van der Waals surface area contributed by atoms with Crippen molar-refractivity contribution in [1.82, 2.24) is 5.32 Å². The summed E-state index contributed by atoms with van der Waals surface area (Å²) in [7, 11) is 0. The molecule has 1 heterocycles. The summed E-state index contributed by atoms with van der Waals surface area (Å²) in [5, 5.41) is 6.26. The van der Waals surface area contributed by atoms with Crippen molar-refractivity contribution < 1.29 is 14.3 Å². The van der Waals surface area contributed by atoms with Gasteiger partial charge in [0.2, 0.25) is 12.7 Å². The fraction of sp³-hybridized carbons (Fsp3) is 0.350. The average Bonchev–Trinajstić information content (AvgIpc) is 3.27. The lowest BCUT2D eigenvalue weighted by Gasteiger charge is -2.16. The van der Waals surface area contributed by atoms with Gasteiger partial charge in [0.15, 0.2) is 11.5 Å². The van der Waals surface area contributed by atoms with Crippen molar-refractivity contribution in [3.63, 3.8) is 0 Å². The van der Waals surface area contributed by atoms with E-state index in [9.17, 15) is 4.79 Å². The molecule has 5 heteroatoms. The number of benzene rings is 2. The summed E-state index contributed by atoms with van der Waals surface area (Å²) in [6.07, 6.45) is 3.53. The molecule has 0 radical (unpaired) electrons. The lowest BCUT2D eigenvalue weighted by atomic mass is 10.1. The minimum absolute atomic E-state index is 0.0295. The van der Waals surface area contributed by atoms with Gasteiger partial charge in [-0.25, -0.2) is 0 Å². The van der Waals surface area contributed by atoms with Crippen LogP contribution in [0.25, 0.3) is 0 Å². The van der Waals surface area contributed by atoms with Crippen LogP contribution in [0.5, 0.6) is 11.5 Å². The first-order chi connectivity index (χ1) is 12.2. The van der Waals surface area contributed by atoms with E-state index >= 15 is 0 Å². The van der Waals surface area contributed by atoms with Gasteiger partial charge in [-0.1, -0.05) is 12.1 Å². The van der Waals surface area contributed by atoms with Gasteiger partial charge in [-0.3, -0.25) is 4.79 Å². The van der Waals surface area contributed by atoms with Crippen LogP contribution in [-0.4, -0.2) is 18.7 Å². The Balaban J connectivity index is 1.33. The van der Waals surface area contributed by atoms with Gasteiger partial charge in [-0.15, -0.1) is 0 Å². The van der Waals surface area contributed by atoms with E-state index in [1.54, 1.807) is 0 Å². The molecule has 0 saturated heterocycles. The molecule has 25 heavy (non-hydrogen) atoms. The molecule has 0 fully saturated rings. The van der Waals surface area contributed by atoms with Gasteiger partial charge in [0.05, 0.1) is 0 Å². The maximum atomic E-state index is 12.4. The van der Waals surface area contributed by atoms with E-state index in [-0.39, 0.29) is 18.7 Å². The zero-order valence-corrected chi connectivity index (χ0v) is 14.3. The normalized spacial score (nSPS) is 15.6. The van der Waals surface area contributed by atoms with E-state index in [1.165, 1.54) is 24.0 Å². The van der Waals surface area contributed by atoms with Crippen molar-refractivity contribution in [3.05, 3.63) is 53.1 Å². The molecule has 2 N–H and O–H groups in total. The molecule has 1 aliphatic heterocycles. The van der Waals surface area contributed by atoms with Crippen molar-refractivity contribution >= 4 is 11.6 Å². The maximum Gasteiger partial charge on any atom is 0.242 e. The van der Waals surface area contributed by atoms with Crippen molar-refractivity contribution in [2.24, 2.45) is 0 Å². The zero-order valence-electron chi connectivity index (χ0n) is 14.3. The molecular weight excluding hydrogens is 316 g/mol. The molecule has 0 spiro atoms. The van der Waals surface area contributed by atoms with Crippen LogP contribution >= 0.6 is 0 Å². The van der Waals surface area contributed by atoms with E-state index in [1.807, 2.05) is 25.1 Å². The minimum Gasteiger partial charge on any atom is -0.454 e. The highest BCUT2D eigenvalue weighted by Gasteiger charge is 2.16. The van der Waals surface area contributed by atoms with Crippen LogP contribution in [0.3, 0.4) is 0 Å². The predicted octanol–water partition coefficient (Wildman–Crippen LogP) is 3.02. The largest absolute Gasteiger partial charge is 0.454 e. The summed E-state index contributed by atoms with van der Waals surface area (Å²) in [6.45, 7) is 2.60. The summed E-state index contributed by atoms with van der Waals surface area (Å²) in [5.74, 6) is 1.45. The van der Waals surface area contributed by atoms with Gasteiger partial charge in [0.1, 0.15) is 6.04 Å². The number of carbonyl (C=O) groups excluding carboxylic acids is 1. The van der Waals surface area contributed by atoms with Gasteiger partial charge >= 0.3 is 0 Å². The third kappa shape index (κ3) is 3.40. The molecular formula is C20H22N2O3. The molecule has 0 aromatic heterocycles. The molecule has 0 unspecified atom stereocenters. The van der Waals surface area contributed by atoms with Crippen LogP contribution in [0.2, 0.25) is 0 Å². The number of carbonyl (C=O) groups is 1. The van der Waals surface area contributed by atoms with Crippen molar-refractivity contribution in [3.8, 4) is 11.5 Å². The Morgan fingerprint density at radius 1 is 1.08 bits per heavy atom. The van der Waals surface area contributed by atoms with Gasteiger partial charge in [0, 0.05) is 12.2 Å².